The van der Waals surface area contributed by atoms with Gasteiger partial charge in [0.1, 0.15) is 11.9 Å². The minimum absolute atomic E-state index is 0.730. The number of aliphatic hydroxyl groups excluding tert-OH is 1. The van der Waals surface area contributed by atoms with Crippen molar-refractivity contribution in [1.82, 2.24) is 9.78 Å². The van der Waals surface area contributed by atoms with Crippen molar-refractivity contribution in [2.24, 2.45) is 0 Å². The van der Waals surface area contributed by atoms with Gasteiger partial charge in [-0.25, -0.2) is 0 Å². The van der Waals surface area contributed by atoms with Crippen LogP contribution in [0.1, 0.15) is 41.1 Å². The molecule has 2 aromatic rings. The van der Waals surface area contributed by atoms with Crippen LogP contribution in [0.5, 0.6) is 5.75 Å². The van der Waals surface area contributed by atoms with Crippen LogP contribution in [-0.2, 0) is 6.54 Å². The van der Waals surface area contributed by atoms with Gasteiger partial charge in [-0.05, 0) is 44.9 Å². The predicted octanol–water partition coefficient (Wildman–Crippen LogP) is 2.92. The standard InChI is InChI=1S/C16H22N2O2/c1-6-18-14(9-11(3)17-18)15(19)13-8-7-10(2)12(4)16(13)20-5/h7-9,15,19H,6H2,1-5H3. The van der Waals surface area contributed by atoms with Crippen LogP contribution in [-0.4, -0.2) is 22.0 Å². The number of rotatable bonds is 4. The number of nitrogens with zero attached hydrogens (tertiary/aromatic N) is 2. The molecule has 4 heteroatoms. The van der Waals surface area contributed by atoms with E-state index >= 15 is 0 Å². The summed E-state index contributed by atoms with van der Waals surface area (Å²) in [6.45, 7) is 8.72. The number of methoxy groups -OCH3 is 1. The average Bonchev–Trinajstić information content (AvgIpc) is 2.82. The smallest absolute Gasteiger partial charge is 0.128 e. The van der Waals surface area contributed by atoms with Crippen molar-refractivity contribution in [1.29, 1.82) is 0 Å². The van der Waals surface area contributed by atoms with Crippen LogP contribution in [0.3, 0.4) is 0 Å². The van der Waals surface area contributed by atoms with Gasteiger partial charge in [0.25, 0.3) is 0 Å². The monoisotopic (exact) mass is 274 g/mol. The molecule has 0 aliphatic heterocycles. The molecule has 4 nitrogen and oxygen atoms in total. The first-order valence-electron chi connectivity index (χ1n) is 6.86. The predicted molar refractivity (Wildman–Crippen MR) is 79.2 cm³/mol. The lowest BCUT2D eigenvalue weighted by Gasteiger charge is -2.18. The third kappa shape index (κ3) is 2.43. The zero-order valence-electron chi connectivity index (χ0n) is 12.8. The molecule has 2 rings (SSSR count). The Kier molecular flexibility index (Phi) is 4.14. The van der Waals surface area contributed by atoms with Crippen LogP contribution in [0.2, 0.25) is 0 Å². The van der Waals surface area contributed by atoms with Crippen LogP contribution < -0.4 is 4.74 Å². The molecule has 0 spiro atoms. The van der Waals surface area contributed by atoms with E-state index in [9.17, 15) is 5.11 Å². The number of aryl methyl sites for hydroxylation is 3. The second-order valence-corrected chi connectivity index (χ2v) is 5.06. The van der Waals surface area contributed by atoms with E-state index in [0.717, 1.165) is 40.4 Å². The zero-order chi connectivity index (χ0) is 14.9. The molecule has 0 fully saturated rings. The molecule has 1 heterocycles. The van der Waals surface area contributed by atoms with Gasteiger partial charge in [-0.3, -0.25) is 4.68 Å². The van der Waals surface area contributed by atoms with Gasteiger partial charge in [-0.15, -0.1) is 0 Å². The van der Waals surface area contributed by atoms with E-state index in [4.69, 9.17) is 4.74 Å². The lowest BCUT2D eigenvalue weighted by molar-refractivity contribution is 0.202. The van der Waals surface area contributed by atoms with Gasteiger partial charge in [-0.1, -0.05) is 12.1 Å². The molecule has 1 unspecified atom stereocenters. The Labute approximate surface area is 120 Å². The summed E-state index contributed by atoms with van der Waals surface area (Å²) < 4.78 is 7.32. The molecule has 0 bridgehead atoms. The Balaban J connectivity index is 2.53. The van der Waals surface area contributed by atoms with Gasteiger partial charge in [0.05, 0.1) is 18.5 Å². The van der Waals surface area contributed by atoms with Crippen LogP contribution >= 0.6 is 0 Å². The van der Waals surface area contributed by atoms with Gasteiger partial charge in [-0.2, -0.15) is 5.10 Å². The average molecular weight is 274 g/mol. The zero-order valence-corrected chi connectivity index (χ0v) is 12.8. The quantitative estimate of drug-likeness (QED) is 0.932. The third-order valence-electron chi connectivity index (χ3n) is 3.72. The Morgan fingerprint density at radius 1 is 1.30 bits per heavy atom. The normalized spacial score (nSPS) is 12.5. The minimum Gasteiger partial charge on any atom is -0.496 e. The van der Waals surface area contributed by atoms with E-state index < -0.39 is 6.10 Å². The van der Waals surface area contributed by atoms with Crippen molar-refractivity contribution in [3.63, 3.8) is 0 Å². The lowest BCUT2D eigenvalue weighted by Crippen LogP contribution is -2.11. The number of ether oxygens (including phenoxy) is 1. The van der Waals surface area contributed by atoms with Crippen molar-refractivity contribution in [3.8, 4) is 5.75 Å². The fourth-order valence-corrected chi connectivity index (χ4v) is 2.50. The molecule has 0 radical (unpaired) electrons. The highest BCUT2D eigenvalue weighted by atomic mass is 16.5. The first kappa shape index (κ1) is 14.6. The Bertz CT molecular complexity index is 617. The molecule has 1 aromatic heterocycles. The van der Waals surface area contributed by atoms with E-state index in [2.05, 4.69) is 5.10 Å². The van der Waals surface area contributed by atoms with Gasteiger partial charge in [0.15, 0.2) is 0 Å². The van der Waals surface area contributed by atoms with Gasteiger partial charge >= 0.3 is 0 Å². The Morgan fingerprint density at radius 2 is 2.00 bits per heavy atom. The summed E-state index contributed by atoms with van der Waals surface area (Å²) in [6, 6.07) is 5.85. The number of aromatic nitrogens is 2. The maximum Gasteiger partial charge on any atom is 0.128 e. The summed E-state index contributed by atoms with van der Waals surface area (Å²) in [4.78, 5) is 0. The van der Waals surface area contributed by atoms with Crippen molar-refractivity contribution < 1.29 is 9.84 Å². The maximum absolute atomic E-state index is 10.7. The highest BCUT2D eigenvalue weighted by Gasteiger charge is 2.21. The minimum atomic E-state index is -0.731. The SMILES string of the molecule is CCn1nc(C)cc1C(O)c1ccc(C)c(C)c1OC. The summed E-state index contributed by atoms with van der Waals surface area (Å²) in [7, 11) is 1.64. The fourth-order valence-electron chi connectivity index (χ4n) is 2.50. The first-order valence-corrected chi connectivity index (χ1v) is 6.86. The molecule has 108 valence electrons. The largest absolute Gasteiger partial charge is 0.496 e. The molecule has 0 aliphatic carbocycles. The van der Waals surface area contributed by atoms with E-state index in [1.807, 2.05) is 50.6 Å². The molecule has 0 amide bonds. The Hall–Kier alpha value is -1.81. The molecule has 1 N–H and O–H groups in total. The number of aliphatic hydroxyl groups is 1. The van der Waals surface area contributed by atoms with Crippen LogP contribution in [0.15, 0.2) is 18.2 Å². The summed E-state index contributed by atoms with van der Waals surface area (Å²) >= 11 is 0. The van der Waals surface area contributed by atoms with Gasteiger partial charge in [0.2, 0.25) is 0 Å². The molecule has 1 atom stereocenters. The summed E-state index contributed by atoms with van der Waals surface area (Å²) in [6.07, 6.45) is -0.731. The highest BCUT2D eigenvalue weighted by Crippen LogP contribution is 2.34. The summed E-state index contributed by atoms with van der Waals surface area (Å²) in [5.41, 5.74) is 4.70. The number of hydrogen-bond donors (Lipinski definition) is 1. The van der Waals surface area contributed by atoms with Crippen LogP contribution in [0.4, 0.5) is 0 Å². The molecular formula is C16H22N2O2. The van der Waals surface area contributed by atoms with Crippen molar-refractivity contribution in [3.05, 3.63) is 46.3 Å². The van der Waals surface area contributed by atoms with Crippen LogP contribution in [0, 0.1) is 20.8 Å². The van der Waals surface area contributed by atoms with Gasteiger partial charge < -0.3 is 9.84 Å². The molecule has 0 saturated carbocycles. The molecular weight excluding hydrogens is 252 g/mol. The van der Waals surface area contributed by atoms with Crippen molar-refractivity contribution in [2.45, 2.75) is 40.3 Å². The van der Waals surface area contributed by atoms with Crippen LogP contribution in [0.25, 0.3) is 0 Å². The molecule has 0 aliphatic rings. The second-order valence-electron chi connectivity index (χ2n) is 5.06. The van der Waals surface area contributed by atoms with Crippen molar-refractivity contribution in [2.75, 3.05) is 7.11 Å². The first-order chi connectivity index (χ1) is 9.49. The Morgan fingerprint density at radius 3 is 2.60 bits per heavy atom. The molecule has 1 aromatic carbocycles. The topological polar surface area (TPSA) is 47.3 Å². The third-order valence-corrected chi connectivity index (χ3v) is 3.72. The van der Waals surface area contributed by atoms with E-state index in [1.165, 1.54) is 0 Å². The molecule has 0 saturated heterocycles. The van der Waals surface area contributed by atoms with E-state index in [0.29, 0.717) is 0 Å². The van der Waals surface area contributed by atoms with Crippen molar-refractivity contribution >= 4 is 0 Å². The van der Waals surface area contributed by atoms with E-state index in [1.54, 1.807) is 7.11 Å². The number of benzene rings is 1. The summed E-state index contributed by atoms with van der Waals surface area (Å²) in [5.74, 6) is 0.749. The maximum atomic E-state index is 10.7. The molecule has 20 heavy (non-hydrogen) atoms. The number of hydrogen-bond acceptors (Lipinski definition) is 3. The van der Waals surface area contributed by atoms with Gasteiger partial charge in [0, 0.05) is 12.1 Å². The lowest BCUT2D eigenvalue weighted by atomic mass is 9.99. The second kappa shape index (κ2) is 5.67. The fraction of sp³-hybridized carbons (Fsp3) is 0.438. The van der Waals surface area contributed by atoms with E-state index in [-0.39, 0.29) is 0 Å². The highest BCUT2D eigenvalue weighted by molar-refractivity contribution is 5.48. The summed E-state index contributed by atoms with van der Waals surface area (Å²) in [5, 5.41) is 15.1.